The van der Waals surface area contributed by atoms with Crippen LogP contribution in [-0.2, 0) is 7.05 Å². The van der Waals surface area contributed by atoms with E-state index in [2.05, 4.69) is 26.2 Å². The Hall–Kier alpha value is -1.82. The van der Waals surface area contributed by atoms with Crippen LogP contribution in [0.15, 0.2) is 35.1 Å². The Balaban J connectivity index is 2.22. The maximum Gasteiger partial charge on any atom is 0.272 e. The van der Waals surface area contributed by atoms with E-state index in [-0.39, 0.29) is 12.0 Å². The van der Waals surface area contributed by atoms with E-state index in [0.717, 1.165) is 4.47 Å². The van der Waals surface area contributed by atoms with Gasteiger partial charge in [0.05, 0.1) is 6.10 Å². The zero-order valence-corrected chi connectivity index (χ0v) is 13.1. The first-order chi connectivity index (χ1) is 9.47. The summed E-state index contributed by atoms with van der Waals surface area (Å²) >= 11 is 3.35. The summed E-state index contributed by atoms with van der Waals surface area (Å²) in [5, 5.41) is 2.82. The number of carbonyl (C=O) groups excluding carboxylic acids is 1. The van der Waals surface area contributed by atoms with Crippen molar-refractivity contribution in [2.75, 3.05) is 5.32 Å². The minimum atomic E-state index is -0.209. The van der Waals surface area contributed by atoms with Crippen molar-refractivity contribution in [1.29, 1.82) is 0 Å². The number of carbonyl (C=O) groups is 1. The van der Waals surface area contributed by atoms with Gasteiger partial charge >= 0.3 is 0 Å². The summed E-state index contributed by atoms with van der Waals surface area (Å²) < 4.78 is 8.18. The van der Waals surface area contributed by atoms with Gasteiger partial charge in [0.2, 0.25) is 5.88 Å². The molecule has 0 aliphatic carbocycles. The lowest BCUT2D eigenvalue weighted by molar-refractivity contribution is 0.101. The fourth-order valence-electron chi connectivity index (χ4n) is 1.74. The molecular weight excluding hydrogens is 322 g/mol. The van der Waals surface area contributed by atoms with E-state index in [1.165, 1.54) is 0 Å². The number of nitrogens with zero attached hydrogens (tertiary/aromatic N) is 2. The smallest absolute Gasteiger partial charge is 0.272 e. The summed E-state index contributed by atoms with van der Waals surface area (Å²) in [6.45, 7) is 3.82. The minimum absolute atomic E-state index is 0.00951. The summed E-state index contributed by atoms with van der Waals surface area (Å²) in [6, 6.07) is 5.28. The van der Waals surface area contributed by atoms with Gasteiger partial charge in [0.1, 0.15) is 11.4 Å². The fourth-order valence-corrected chi connectivity index (χ4v) is 2.26. The maximum atomic E-state index is 12.3. The fraction of sp³-hybridized carbons (Fsp3) is 0.286. The molecule has 6 heteroatoms. The van der Waals surface area contributed by atoms with E-state index >= 15 is 0 Å². The maximum absolute atomic E-state index is 12.3. The molecule has 0 fully saturated rings. The van der Waals surface area contributed by atoms with Crippen LogP contribution < -0.4 is 10.1 Å². The van der Waals surface area contributed by atoms with Gasteiger partial charge in [-0.2, -0.15) is 0 Å². The number of nitrogens with one attached hydrogen (secondary N) is 1. The standard InChI is InChI=1S/C14H16BrN3O2/c1-9(2)20-14-11(5-4-6-16-14)17-13(19)12-7-10(15)8-18(12)3/h4-9H,1-3H3,(H,17,19). The minimum Gasteiger partial charge on any atom is -0.473 e. The van der Waals surface area contributed by atoms with Crippen LogP contribution >= 0.6 is 15.9 Å². The first kappa shape index (κ1) is 14.6. The molecule has 106 valence electrons. The molecule has 0 aliphatic rings. The zero-order valence-electron chi connectivity index (χ0n) is 11.6. The third kappa shape index (κ3) is 3.39. The third-order valence-electron chi connectivity index (χ3n) is 2.57. The van der Waals surface area contributed by atoms with Gasteiger partial charge in [-0.15, -0.1) is 0 Å². The Labute approximate surface area is 126 Å². The number of halogens is 1. The van der Waals surface area contributed by atoms with Crippen LogP contribution in [0.1, 0.15) is 24.3 Å². The second-order valence-electron chi connectivity index (χ2n) is 4.63. The van der Waals surface area contributed by atoms with E-state index in [4.69, 9.17) is 4.74 Å². The Morgan fingerprint density at radius 3 is 2.85 bits per heavy atom. The summed E-state index contributed by atoms with van der Waals surface area (Å²) in [4.78, 5) is 16.4. The number of hydrogen-bond acceptors (Lipinski definition) is 3. The number of ether oxygens (including phenoxy) is 1. The number of pyridine rings is 1. The topological polar surface area (TPSA) is 56.1 Å². The van der Waals surface area contributed by atoms with E-state index in [1.807, 2.05) is 27.1 Å². The lowest BCUT2D eigenvalue weighted by Crippen LogP contribution is -2.17. The van der Waals surface area contributed by atoms with Gasteiger partial charge in [-0.1, -0.05) is 0 Å². The first-order valence-electron chi connectivity index (χ1n) is 6.22. The highest BCUT2D eigenvalue weighted by atomic mass is 79.9. The highest BCUT2D eigenvalue weighted by Crippen LogP contribution is 2.23. The molecule has 1 amide bonds. The van der Waals surface area contributed by atoms with Crippen LogP contribution in [0.25, 0.3) is 0 Å². The summed E-state index contributed by atoms with van der Waals surface area (Å²) in [5.41, 5.74) is 1.11. The molecule has 5 nitrogen and oxygen atoms in total. The molecule has 2 heterocycles. The second-order valence-corrected chi connectivity index (χ2v) is 5.55. The molecule has 0 bridgehead atoms. The van der Waals surface area contributed by atoms with Crippen molar-refractivity contribution in [3.8, 4) is 5.88 Å². The predicted octanol–water partition coefficient (Wildman–Crippen LogP) is 3.22. The van der Waals surface area contributed by atoms with Gasteiger partial charge in [-0.05, 0) is 48.0 Å². The molecule has 2 aromatic rings. The van der Waals surface area contributed by atoms with Crippen LogP contribution in [0.4, 0.5) is 5.69 Å². The summed E-state index contributed by atoms with van der Waals surface area (Å²) in [5.74, 6) is 0.212. The molecule has 0 saturated carbocycles. The van der Waals surface area contributed by atoms with Crippen LogP contribution in [0.5, 0.6) is 5.88 Å². The molecule has 0 unspecified atom stereocenters. The van der Waals surface area contributed by atoms with Crippen molar-refractivity contribution in [3.63, 3.8) is 0 Å². The second kappa shape index (κ2) is 6.09. The number of amides is 1. The quantitative estimate of drug-likeness (QED) is 0.931. The number of anilines is 1. The normalized spacial score (nSPS) is 10.7. The van der Waals surface area contributed by atoms with E-state index < -0.39 is 0 Å². The Morgan fingerprint density at radius 1 is 1.50 bits per heavy atom. The molecule has 0 radical (unpaired) electrons. The monoisotopic (exact) mass is 337 g/mol. The van der Waals surface area contributed by atoms with Gasteiger partial charge in [-0.25, -0.2) is 4.98 Å². The SMILES string of the molecule is CC(C)Oc1ncccc1NC(=O)c1cc(Br)cn1C. The average molecular weight is 338 g/mol. The van der Waals surface area contributed by atoms with Crippen LogP contribution in [0.2, 0.25) is 0 Å². The van der Waals surface area contributed by atoms with Gasteiger partial charge in [-0.3, -0.25) is 4.79 Å². The van der Waals surface area contributed by atoms with Crippen molar-refractivity contribution in [3.05, 3.63) is 40.8 Å². The van der Waals surface area contributed by atoms with Crippen molar-refractivity contribution < 1.29 is 9.53 Å². The summed E-state index contributed by atoms with van der Waals surface area (Å²) in [6.07, 6.45) is 3.45. The number of aryl methyl sites for hydroxylation is 1. The molecule has 0 aromatic carbocycles. The van der Waals surface area contributed by atoms with Crippen LogP contribution in [0.3, 0.4) is 0 Å². The van der Waals surface area contributed by atoms with Gasteiger partial charge < -0.3 is 14.6 Å². The molecule has 2 aromatic heterocycles. The molecular formula is C14H16BrN3O2. The Kier molecular flexibility index (Phi) is 4.44. The first-order valence-corrected chi connectivity index (χ1v) is 7.01. The van der Waals surface area contributed by atoms with Crippen LogP contribution in [-0.4, -0.2) is 21.6 Å². The van der Waals surface area contributed by atoms with Crippen molar-refractivity contribution in [2.45, 2.75) is 20.0 Å². The van der Waals surface area contributed by atoms with E-state index in [0.29, 0.717) is 17.3 Å². The number of rotatable bonds is 4. The Morgan fingerprint density at radius 2 is 2.25 bits per heavy atom. The molecule has 20 heavy (non-hydrogen) atoms. The number of hydrogen-bond donors (Lipinski definition) is 1. The highest BCUT2D eigenvalue weighted by Gasteiger charge is 2.14. The Bertz CT molecular complexity index is 623. The lowest BCUT2D eigenvalue weighted by Gasteiger charge is -2.13. The molecule has 1 N–H and O–H groups in total. The molecule has 0 atom stereocenters. The van der Waals surface area contributed by atoms with E-state index in [1.54, 1.807) is 29.0 Å². The highest BCUT2D eigenvalue weighted by molar-refractivity contribution is 9.10. The lowest BCUT2D eigenvalue weighted by atomic mass is 10.3. The third-order valence-corrected chi connectivity index (χ3v) is 3.00. The van der Waals surface area contributed by atoms with Gasteiger partial charge in [0.25, 0.3) is 5.91 Å². The van der Waals surface area contributed by atoms with Crippen molar-refractivity contribution in [1.82, 2.24) is 9.55 Å². The van der Waals surface area contributed by atoms with Crippen molar-refractivity contribution >= 4 is 27.5 Å². The average Bonchev–Trinajstić information content (AvgIpc) is 2.70. The van der Waals surface area contributed by atoms with Crippen LogP contribution in [0, 0.1) is 0 Å². The largest absolute Gasteiger partial charge is 0.473 e. The molecule has 0 spiro atoms. The molecule has 0 saturated heterocycles. The van der Waals surface area contributed by atoms with E-state index in [9.17, 15) is 4.79 Å². The number of aromatic nitrogens is 2. The molecule has 2 rings (SSSR count). The predicted molar refractivity (Wildman–Crippen MR) is 81.1 cm³/mol. The summed E-state index contributed by atoms with van der Waals surface area (Å²) in [7, 11) is 1.81. The molecule has 0 aliphatic heterocycles. The van der Waals surface area contributed by atoms with Gasteiger partial charge in [0, 0.05) is 23.9 Å². The van der Waals surface area contributed by atoms with Gasteiger partial charge in [0.15, 0.2) is 0 Å². The zero-order chi connectivity index (χ0) is 14.7. The van der Waals surface area contributed by atoms with Crippen molar-refractivity contribution in [2.24, 2.45) is 7.05 Å².